The predicted molar refractivity (Wildman–Crippen MR) is 90.2 cm³/mol. The molecule has 6 heteroatoms. The Bertz CT molecular complexity index is 916. The third kappa shape index (κ3) is 3.74. The standard InChI is InChI=1S/C19H15FN2O3/c1-12-6-8-13(9-7-12)18(23)21-22-19(24)17-11-10-16(25-17)14-4-2-3-5-15(14)20/h2-11H,1H3,(H,21,23)(H,22,24). The van der Waals surface area contributed by atoms with Gasteiger partial charge in [-0.3, -0.25) is 20.4 Å². The highest BCUT2D eigenvalue weighted by molar-refractivity contribution is 5.98. The van der Waals surface area contributed by atoms with E-state index in [9.17, 15) is 14.0 Å². The van der Waals surface area contributed by atoms with Crippen LogP contribution in [-0.2, 0) is 0 Å². The van der Waals surface area contributed by atoms with E-state index in [2.05, 4.69) is 10.9 Å². The van der Waals surface area contributed by atoms with Gasteiger partial charge in [0.25, 0.3) is 5.91 Å². The minimum absolute atomic E-state index is 0.0394. The average molecular weight is 338 g/mol. The number of carbonyl (C=O) groups excluding carboxylic acids is 2. The van der Waals surface area contributed by atoms with Crippen molar-refractivity contribution in [3.05, 3.63) is 83.4 Å². The van der Waals surface area contributed by atoms with Crippen molar-refractivity contribution in [2.75, 3.05) is 0 Å². The Labute approximate surface area is 143 Å². The molecule has 25 heavy (non-hydrogen) atoms. The molecule has 3 rings (SSSR count). The van der Waals surface area contributed by atoms with Crippen LogP contribution >= 0.6 is 0 Å². The molecule has 0 aliphatic heterocycles. The predicted octanol–water partition coefficient (Wildman–Crippen LogP) is 3.47. The first kappa shape index (κ1) is 16.4. The van der Waals surface area contributed by atoms with E-state index in [1.54, 1.807) is 42.5 Å². The maximum absolute atomic E-state index is 13.7. The maximum Gasteiger partial charge on any atom is 0.305 e. The third-order valence-corrected chi connectivity index (χ3v) is 3.57. The molecule has 0 saturated carbocycles. The summed E-state index contributed by atoms with van der Waals surface area (Å²) < 4.78 is 19.1. The number of nitrogens with one attached hydrogen (secondary N) is 2. The summed E-state index contributed by atoms with van der Waals surface area (Å²) in [6.07, 6.45) is 0. The Kier molecular flexibility index (Phi) is 4.61. The number of hydrazine groups is 1. The van der Waals surface area contributed by atoms with Crippen LogP contribution in [0.25, 0.3) is 11.3 Å². The summed E-state index contributed by atoms with van der Waals surface area (Å²) in [7, 11) is 0. The number of benzene rings is 2. The van der Waals surface area contributed by atoms with Gasteiger partial charge in [-0.25, -0.2) is 4.39 Å². The van der Waals surface area contributed by atoms with Crippen LogP contribution in [0, 0.1) is 12.7 Å². The molecule has 1 aromatic heterocycles. The van der Waals surface area contributed by atoms with Gasteiger partial charge in [0, 0.05) is 5.56 Å². The lowest BCUT2D eigenvalue weighted by Crippen LogP contribution is -2.41. The van der Waals surface area contributed by atoms with Gasteiger partial charge < -0.3 is 4.42 Å². The quantitative estimate of drug-likeness (QED) is 0.718. The molecule has 0 saturated heterocycles. The van der Waals surface area contributed by atoms with Gasteiger partial charge in [0.15, 0.2) is 5.76 Å². The molecule has 3 aromatic rings. The molecule has 2 aromatic carbocycles. The molecule has 0 bridgehead atoms. The van der Waals surface area contributed by atoms with E-state index >= 15 is 0 Å². The summed E-state index contributed by atoms with van der Waals surface area (Å²) in [5, 5.41) is 0. The Hall–Kier alpha value is -3.41. The summed E-state index contributed by atoms with van der Waals surface area (Å²) in [4.78, 5) is 24.0. The Balaban J connectivity index is 1.65. The minimum atomic E-state index is -0.636. The normalized spacial score (nSPS) is 10.3. The molecule has 2 N–H and O–H groups in total. The zero-order valence-electron chi connectivity index (χ0n) is 13.4. The van der Waals surface area contributed by atoms with E-state index in [0.717, 1.165) is 5.56 Å². The number of furan rings is 1. The van der Waals surface area contributed by atoms with Crippen molar-refractivity contribution in [3.63, 3.8) is 0 Å². The molecular formula is C19H15FN2O3. The molecule has 0 radical (unpaired) electrons. The molecule has 1 heterocycles. The van der Waals surface area contributed by atoms with Crippen molar-refractivity contribution in [1.29, 1.82) is 0 Å². The second kappa shape index (κ2) is 7.00. The summed E-state index contributed by atoms with van der Waals surface area (Å²) >= 11 is 0. The van der Waals surface area contributed by atoms with Crippen LogP contribution in [0.15, 0.2) is 65.1 Å². The summed E-state index contributed by atoms with van der Waals surface area (Å²) in [6, 6.07) is 15.9. The van der Waals surface area contributed by atoms with E-state index in [-0.39, 0.29) is 17.1 Å². The van der Waals surface area contributed by atoms with Crippen LogP contribution in [-0.4, -0.2) is 11.8 Å². The van der Waals surface area contributed by atoms with Gasteiger partial charge in [-0.15, -0.1) is 0 Å². The van der Waals surface area contributed by atoms with Gasteiger partial charge in [0.1, 0.15) is 11.6 Å². The van der Waals surface area contributed by atoms with Crippen LogP contribution in [0.2, 0.25) is 0 Å². The van der Waals surface area contributed by atoms with Crippen LogP contribution in [0.1, 0.15) is 26.5 Å². The molecule has 5 nitrogen and oxygen atoms in total. The smallest absolute Gasteiger partial charge is 0.305 e. The first-order chi connectivity index (χ1) is 12.0. The lowest BCUT2D eigenvalue weighted by molar-refractivity contribution is 0.0831. The molecule has 2 amide bonds. The van der Waals surface area contributed by atoms with Gasteiger partial charge in [0.05, 0.1) is 5.56 Å². The Morgan fingerprint density at radius 2 is 1.56 bits per heavy atom. The lowest BCUT2D eigenvalue weighted by atomic mass is 10.1. The first-order valence-electron chi connectivity index (χ1n) is 7.56. The van der Waals surface area contributed by atoms with Gasteiger partial charge in [-0.05, 0) is 43.3 Å². The molecule has 0 fully saturated rings. The number of hydrogen-bond acceptors (Lipinski definition) is 3. The van der Waals surface area contributed by atoms with Crippen molar-refractivity contribution in [2.24, 2.45) is 0 Å². The van der Waals surface area contributed by atoms with Crippen molar-refractivity contribution >= 4 is 11.8 Å². The van der Waals surface area contributed by atoms with E-state index in [0.29, 0.717) is 5.56 Å². The number of rotatable bonds is 3. The fourth-order valence-corrected chi connectivity index (χ4v) is 2.22. The third-order valence-electron chi connectivity index (χ3n) is 3.57. The van der Waals surface area contributed by atoms with Crippen molar-refractivity contribution < 1.29 is 18.4 Å². The molecule has 0 aliphatic carbocycles. The van der Waals surface area contributed by atoms with Gasteiger partial charge in [-0.1, -0.05) is 29.8 Å². The van der Waals surface area contributed by atoms with Crippen LogP contribution < -0.4 is 10.9 Å². The molecule has 0 spiro atoms. The molecule has 126 valence electrons. The van der Waals surface area contributed by atoms with E-state index in [1.807, 2.05) is 6.92 Å². The highest BCUT2D eigenvalue weighted by atomic mass is 19.1. The zero-order chi connectivity index (χ0) is 17.8. The number of carbonyl (C=O) groups is 2. The number of hydrogen-bond donors (Lipinski definition) is 2. The Morgan fingerprint density at radius 3 is 2.28 bits per heavy atom. The first-order valence-corrected chi connectivity index (χ1v) is 7.56. The second-order valence-electron chi connectivity index (χ2n) is 5.42. The summed E-state index contributed by atoms with van der Waals surface area (Å²) in [5.74, 6) is -1.34. The monoisotopic (exact) mass is 338 g/mol. The molecular weight excluding hydrogens is 323 g/mol. The van der Waals surface area contributed by atoms with E-state index in [1.165, 1.54) is 18.2 Å². The lowest BCUT2D eigenvalue weighted by Gasteiger charge is -2.06. The Morgan fingerprint density at radius 1 is 0.880 bits per heavy atom. The minimum Gasteiger partial charge on any atom is -0.451 e. The topological polar surface area (TPSA) is 71.3 Å². The van der Waals surface area contributed by atoms with Gasteiger partial charge in [-0.2, -0.15) is 0 Å². The van der Waals surface area contributed by atoms with E-state index in [4.69, 9.17) is 4.42 Å². The van der Waals surface area contributed by atoms with E-state index < -0.39 is 17.6 Å². The number of halogens is 1. The molecule has 0 unspecified atom stereocenters. The SMILES string of the molecule is Cc1ccc(C(=O)NNC(=O)c2ccc(-c3ccccc3F)o2)cc1. The van der Waals surface area contributed by atoms with Crippen LogP contribution in [0.4, 0.5) is 4.39 Å². The number of amides is 2. The molecule has 0 atom stereocenters. The van der Waals surface area contributed by atoms with Gasteiger partial charge in [0.2, 0.25) is 0 Å². The zero-order valence-corrected chi connectivity index (χ0v) is 13.4. The fraction of sp³-hybridized carbons (Fsp3) is 0.0526. The second-order valence-corrected chi connectivity index (χ2v) is 5.42. The molecule has 0 aliphatic rings. The highest BCUT2D eigenvalue weighted by Crippen LogP contribution is 2.24. The van der Waals surface area contributed by atoms with Crippen molar-refractivity contribution in [3.8, 4) is 11.3 Å². The van der Waals surface area contributed by atoms with Crippen molar-refractivity contribution in [2.45, 2.75) is 6.92 Å². The van der Waals surface area contributed by atoms with Crippen molar-refractivity contribution in [1.82, 2.24) is 10.9 Å². The summed E-state index contributed by atoms with van der Waals surface area (Å²) in [5.41, 5.74) is 6.26. The number of aryl methyl sites for hydroxylation is 1. The maximum atomic E-state index is 13.7. The summed E-state index contributed by atoms with van der Waals surface area (Å²) in [6.45, 7) is 1.91. The van der Waals surface area contributed by atoms with Gasteiger partial charge >= 0.3 is 5.91 Å². The largest absolute Gasteiger partial charge is 0.451 e. The fourth-order valence-electron chi connectivity index (χ4n) is 2.22. The highest BCUT2D eigenvalue weighted by Gasteiger charge is 2.15. The van der Waals surface area contributed by atoms with Crippen LogP contribution in [0.5, 0.6) is 0 Å². The average Bonchev–Trinajstić information content (AvgIpc) is 3.10. The van der Waals surface area contributed by atoms with Crippen LogP contribution in [0.3, 0.4) is 0 Å².